The van der Waals surface area contributed by atoms with Gasteiger partial charge in [0.05, 0.1) is 7.11 Å². The third-order valence-electron chi connectivity index (χ3n) is 4.85. The fourth-order valence-electron chi connectivity index (χ4n) is 3.45. The number of ether oxygens (including phenoxy) is 1. The fraction of sp³-hybridized carbons (Fsp3) is 0.625. The number of nitrogens with two attached hydrogens (primary N) is 1. The molecule has 2 nitrogen and oxygen atoms in total. The van der Waals surface area contributed by atoms with Crippen LogP contribution in [0.5, 0.6) is 5.75 Å². The first kappa shape index (κ1) is 12.0. The van der Waals surface area contributed by atoms with Crippen molar-refractivity contribution < 1.29 is 4.74 Å². The van der Waals surface area contributed by atoms with Crippen molar-refractivity contribution in [2.45, 2.75) is 56.4 Å². The Labute approximate surface area is 110 Å². The van der Waals surface area contributed by atoms with Gasteiger partial charge in [0.15, 0.2) is 0 Å². The molecule has 98 valence electrons. The van der Waals surface area contributed by atoms with E-state index in [4.69, 9.17) is 10.5 Å². The first-order chi connectivity index (χ1) is 8.73. The van der Waals surface area contributed by atoms with E-state index in [0.29, 0.717) is 5.92 Å². The van der Waals surface area contributed by atoms with Crippen LogP contribution >= 0.6 is 0 Å². The van der Waals surface area contributed by atoms with Gasteiger partial charge in [-0.05, 0) is 61.3 Å². The Morgan fingerprint density at radius 3 is 2.44 bits per heavy atom. The molecular formula is C16H23NO. The van der Waals surface area contributed by atoms with Gasteiger partial charge in [-0.3, -0.25) is 0 Å². The van der Waals surface area contributed by atoms with Crippen molar-refractivity contribution in [3.8, 4) is 5.75 Å². The van der Waals surface area contributed by atoms with Gasteiger partial charge >= 0.3 is 0 Å². The minimum absolute atomic E-state index is 0.0559. The van der Waals surface area contributed by atoms with Crippen LogP contribution in [0.2, 0.25) is 0 Å². The highest BCUT2D eigenvalue weighted by molar-refractivity contribution is 5.43. The lowest BCUT2D eigenvalue weighted by Crippen LogP contribution is -2.43. The highest BCUT2D eigenvalue weighted by atomic mass is 16.5. The lowest BCUT2D eigenvalue weighted by atomic mass is 9.72. The molecule has 0 amide bonds. The largest absolute Gasteiger partial charge is 0.496 e. The van der Waals surface area contributed by atoms with Gasteiger partial charge in [-0.1, -0.05) is 18.9 Å². The average molecular weight is 245 g/mol. The molecule has 2 heteroatoms. The second-order valence-corrected chi connectivity index (χ2v) is 5.95. The summed E-state index contributed by atoms with van der Waals surface area (Å²) in [5.41, 5.74) is 9.10. The molecule has 2 aliphatic rings. The summed E-state index contributed by atoms with van der Waals surface area (Å²) in [6.45, 7) is 0. The molecule has 0 aromatic heterocycles. The first-order valence-corrected chi connectivity index (χ1v) is 7.20. The highest BCUT2D eigenvalue weighted by Crippen LogP contribution is 2.44. The summed E-state index contributed by atoms with van der Waals surface area (Å²) in [7, 11) is 1.77. The van der Waals surface area contributed by atoms with E-state index >= 15 is 0 Å². The molecule has 0 saturated heterocycles. The third kappa shape index (κ3) is 1.93. The zero-order valence-corrected chi connectivity index (χ0v) is 11.2. The van der Waals surface area contributed by atoms with E-state index in [1.807, 2.05) is 0 Å². The Hall–Kier alpha value is -1.02. The zero-order chi connectivity index (χ0) is 12.6. The Balaban J connectivity index is 1.96. The second-order valence-electron chi connectivity index (χ2n) is 5.95. The molecule has 0 atom stereocenters. The van der Waals surface area contributed by atoms with E-state index in [1.54, 1.807) is 7.11 Å². The van der Waals surface area contributed by atoms with Gasteiger partial charge in [-0.25, -0.2) is 0 Å². The van der Waals surface area contributed by atoms with Gasteiger partial charge in [0.25, 0.3) is 0 Å². The van der Waals surface area contributed by atoms with Crippen molar-refractivity contribution in [3.63, 3.8) is 0 Å². The maximum absolute atomic E-state index is 6.44. The number of benzene rings is 1. The quantitative estimate of drug-likeness (QED) is 0.881. The Kier molecular flexibility index (Phi) is 3.06. The molecular weight excluding hydrogens is 222 g/mol. The van der Waals surface area contributed by atoms with E-state index in [0.717, 1.165) is 18.6 Å². The number of hydrogen-bond acceptors (Lipinski definition) is 2. The topological polar surface area (TPSA) is 35.2 Å². The third-order valence-corrected chi connectivity index (χ3v) is 4.85. The minimum atomic E-state index is -0.0559. The summed E-state index contributed by atoms with van der Waals surface area (Å²) in [5, 5.41) is 0. The maximum atomic E-state index is 6.44. The van der Waals surface area contributed by atoms with E-state index in [1.165, 1.54) is 43.2 Å². The van der Waals surface area contributed by atoms with Crippen molar-refractivity contribution >= 4 is 0 Å². The summed E-state index contributed by atoms with van der Waals surface area (Å²) < 4.78 is 5.54. The molecule has 0 heterocycles. The van der Waals surface area contributed by atoms with E-state index < -0.39 is 0 Å². The van der Waals surface area contributed by atoms with Crippen molar-refractivity contribution in [1.29, 1.82) is 0 Å². The molecule has 0 radical (unpaired) electrons. The summed E-state index contributed by atoms with van der Waals surface area (Å²) >= 11 is 0. The second kappa shape index (κ2) is 4.58. The molecule has 2 saturated carbocycles. The molecule has 0 bridgehead atoms. The average Bonchev–Trinajstić information content (AvgIpc) is 2.89. The fourth-order valence-corrected chi connectivity index (χ4v) is 3.45. The predicted octanol–water partition coefficient (Wildman–Crippen LogP) is 3.69. The van der Waals surface area contributed by atoms with Crippen LogP contribution in [0.15, 0.2) is 18.2 Å². The highest BCUT2D eigenvalue weighted by Gasteiger charge is 2.35. The van der Waals surface area contributed by atoms with Crippen LogP contribution in [0, 0.1) is 0 Å². The van der Waals surface area contributed by atoms with Gasteiger partial charge in [-0.15, -0.1) is 0 Å². The number of methoxy groups -OCH3 is 1. The monoisotopic (exact) mass is 245 g/mol. The standard InChI is InChI=1S/C16H23NO/c1-18-15-8-7-13(16(17)9-4-10-16)11-14(15)12-5-2-3-6-12/h7-8,11-12H,2-6,9-10,17H2,1H3. The lowest BCUT2D eigenvalue weighted by Gasteiger charge is -2.39. The molecule has 0 spiro atoms. The molecule has 1 aromatic rings. The van der Waals surface area contributed by atoms with E-state index in [-0.39, 0.29) is 5.54 Å². The van der Waals surface area contributed by atoms with Gasteiger partial charge in [0, 0.05) is 5.54 Å². The van der Waals surface area contributed by atoms with Gasteiger partial charge < -0.3 is 10.5 Å². The van der Waals surface area contributed by atoms with Crippen molar-refractivity contribution in [2.75, 3.05) is 7.11 Å². The summed E-state index contributed by atoms with van der Waals surface area (Å²) in [5.74, 6) is 1.73. The Morgan fingerprint density at radius 1 is 1.17 bits per heavy atom. The van der Waals surface area contributed by atoms with E-state index in [9.17, 15) is 0 Å². The zero-order valence-electron chi connectivity index (χ0n) is 11.2. The summed E-state index contributed by atoms with van der Waals surface area (Å²) in [6, 6.07) is 6.61. The molecule has 0 aliphatic heterocycles. The SMILES string of the molecule is COc1ccc(C2(N)CCC2)cc1C1CCCC1. The molecule has 2 N–H and O–H groups in total. The smallest absolute Gasteiger partial charge is 0.122 e. The molecule has 2 fully saturated rings. The maximum Gasteiger partial charge on any atom is 0.122 e. The molecule has 18 heavy (non-hydrogen) atoms. The number of hydrogen-bond donors (Lipinski definition) is 1. The first-order valence-electron chi connectivity index (χ1n) is 7.20. The van der Waals surface area contributed by atoms with Crippen LogP contribution in [0.4, 0.5) is 0 Å². The molecule has 1 aromatic carbocycles. The van der Waals surface area contributed by atoms with Crippen LogP contribution < -0.4 is 10.5 Å². The normalized spacial score (nSPS) is 22.8. The summed E-state index contributed by atoms with van der Waals surface area (Å²) in [4.78, 5) is 0. The summed E-state index contributed by atoms with van der Waals surface area (Å²) in [6.07, 6.45) is 8.83. The minimum Gasteiger partial charge on any atom is -0.496 e. The van der Waals surface area contributed by atoms with Gasteiger partial charge in [0.1, 0.15) is 5.75 Å². The van der Waals surface area contributed by atoms with Gasteiger partial charge in [-0.2, -0.15) is 0 Å². The predicted molar refractivity (Wildman–Crippen MR) is 73.9 cm³/mol. The molecule has 0 unspecified atom stereocenters. The van der Waals surface area contributed by atoms with Crippen molar-refractivity contribution in [2.24, 2.45) is 5.73 Å². The molecule has 2 aliphatic carbocycles. The van der Waals surface area contributed by atoms with Crippen LogP contribution in [-0.4, -0.2) is 7.11 Å². The van der Waals surface area contributed by atoms with Gasteiger partial charge in [0.2, 0.25) is 0 Å². The number of rotatable bonds is 3. The van der Waals surface area contributed by atoms with Crippen LogP contribution in [0.1, 0.15) is 62.0 Å². The molecule has 3 rings (SSSR count). The van der Waals surface area contributed by atoms with Crippen LogP contribution in [0.25, 0.3) is 0 Å². The Bertz CT molecular complexity index is 431. The lowest BCUT2D eigenvalue weighted by molar-refractivity contribution is 0.253. The Morgan fingerprint density at radius 2 is 1.89 bits per heavy atom. The van der Waals surface area contributed by atoms with Crippen LogP contribution in [0.3, 0.4) is 0 Å². The van der Waals surface area contributed by atoms with E-state index in [2.05, 4.69) is 18.2 Å². The van der Waals surface area contributed by atoms with Crippen molar-refractivity contribution in [1.82, 2.24) is 0 Å². The van der Waals surface area contributed by atoms with Crippen LogP contribution in [-0.2, 0) is 5.54 Å². The van der Waals surface area contributed by atoms with Crippen molar-refractivity contribution in [3.05, 3.63) is 29.3 Å².